The number of rotatable bonds is 6. The molecule has 5 heteroatoms. The van der Waals surface area contributed by atoms with E-state index in [1.165, 1.54) is 12.8 Å². The molecule has 1 aromatic carbocycles. The van der Waals surface area contributed by atoms with E-state index in [9.17, 15) is 4.79 Å². The Bertz CT molecular complexity index is 754. The Morgan fingerprint density at radius 2 is 1.96 bits per heavy atom. The maximum atomic E-state index is 13.2. The Balaban J connectivity index is 1.86. The van der Waals surface area contributed by atoms with Crippen LogP contribution in [0.4, 0.5) is 0 Å². The van der Waals surface area contributed by atoms with Crippen molar-refractivity contribution in [2.75, 3.05) is 7.11 Å². The van der Waals surface area contributed by atoms with Gasteiger partial charge in [-0.2, -0.15) is 0 Å². The molecule has 2 aromatic rings. The molecule has 3 rings (SSSR count). The Morgan fingerprint density at radius 3 is 2.52 bits per heavy atom. The molecule has 1 saturated carbocycles. The van der Waals surface area contributed by atoms with Crippen molar-refractivity contribution in [2.45, 2.75) is 46.2 Å². The van der Waals surface area contributed by atoms with Gasteiger partial charge in [0, 0.05) is 18.8 Å². The summed E-state index contributed by atoms with van der Waals surface area (Å²) in [5.74, 6) is 2.10. The molecular weight excluding hydrogens is 314 g/mol. The third-order valence-electron chi connectivity index (χ3n) is 4.90. The molecule has 1 aromatic heterocycles. The third-order valence-corrected chi connectivity index (χ3v) is 4.90. The summed E-state index contributed by atoms with van der Waals surface area (Å²) in [7, 11) is 1.65. The lowest BCUT2D eigenvalue weighted by Gasteiger charge is -2.30. The lowest BCUT2D eigenvalue weighted by atomic mass is 10.1. The maximum absolute atomic E-state index is 13.2. The van der Waals surface area contributed by atoms with Crippen molar-refractivity contribution in [1.29, 1.82) is 0 Å². The number of aryl methyl sites for hydroxylation is 2. The van der Waals surface area contributed by atoms with Crippen LogP contribution >= 0.6 is 0 Å². The van der Waals surface area contributed by atoms with Crippen LogP contribution in [0.25, 0.3) is 0 Å². The largest absolute Gasteiger partial charge is 0.497 e. The van der Waals surface area contributed by atoms with Crippen LogP contribution in [0.2, 0.25) is 0 Å². The second-order valence-corrected chi connectivity index (χ2v) is 6.78. The summed E-state index contributed by atoms with van der Waals surface area (Å²) < 4.78 is 5.22. The van der Waals surface area contributed by atoms with Gasteiger partial charge in [-0.05, 0) is 57.2 Å². The Morgan fingerprint density at radius 1 is 1.28 bits per heavy atom. The molecule has 1 unspecified atom stereocenters. The summed E-state index contributed by atoms with van der Waals surface area (Å²) in [4.78, 5) is 23.7. The number of benzene rings is 1. The summed E-state index contributed by atoms with van der Waals surface area (Å²) in [6.07, 6.45) is 4.04. The molecule has 5 nitrogen and oxygen atoms in total. The molecule has 1 atom stereocenters. The van der Waals surface area contributed by atoms with Crippen molar-refractivity contribution in [2.24, 2.45) is 5.92 Å². The van der Waals surface area contributed by atoms with Gasteiger partial charge in [-0.3, -0.25) is 4.79 Å². The van der Waals surface area contributed by atoms with E-state index in [0.29, 0.717) is 23.9 Å². The molecule has 0 aliphatic heterocycles. The molecular formula is C20H25N3O2. The Labute approximate surface area is 149 Å². The van der Waals surface area contributed by atoms with Crippen LogP contribution in [0.5, 0.6) is 5.75 Å². The maximum Gasteiger partial charge on any atom is 0.257 e. The first-order valence-corrected chi connectivity index (χ1v) is 8.73. The summed E-state index contributed by atoms with van der Waals surface area (Å²) >= 11 is 0. The van der Waals surface area contributed by atoms with Gasteiger partial charge in [0.2, 0.25) is 0 Å². The molecule has 1 heterocycles. The zero-order valence-electron chi connectivity index (χ0n) is 15.3. The fourth-order valence-corrected chi connectivity index (χ4v) is 3.11. The molecule has 0 bridgehead atoms. The zero-order chi connectivity index (χ0) is 18.0. The van der Waals surface area contributed by atoms with Gasteiger partial charge in [-0.1, -0.05) is 12.1 Å². The van der Waals surface area contributed by atoms with Gasteiger partial charge in [0.25, 0.3) is 5.91 Å². The van der Waals surface area contributed by atoms with Crippen LogP contribution in [0, 0.1) is 19.8 Å². The predicted molar refractivity (Wildman–Crippen MR) is 96.6 cm³/mol. The fraction of sp³-hybridized carbons (Fsp3) is 0.450. The van der Waals surface area contributed by atoms with E-state index in [2.05, 4.69) is 16.9 Å². The normalized spacial score (nSPS) is 14.9. The summed E-state index contributed by atoms with van der Waals surface area (Å²) in [6, 6.07) is 8.09. The van der Waals surface area contributed by atoms with Gasteiger partial charge in [-0.25, -0.2) is 9.97 Å². The molecule has 0 spiro atoms. The third kappa shape index (κ3) is 3.98. The number of nitrogens with zero attached hydrogens (tertiary/aromatic N) is 3. The van der Waals surface area contributed by atoms with Crippen LogP contribution in [0.3, 0.4) is 0 Å². The quantitative estimate of drug-likeness (QED) is 0.808. The van der Waals surface area contributed by atoms with Gasteiger partial charge >= 0.3 is 0 Å². The molecule has 1 aliphatic rings. The topological polar surface area (TPSA) is 55.3 Å². The van der Waals surface area contributed by atoms with Crippen LogP contribution < -0.4 is 4.74 Å². The first-order valence-electron chi connectivity index (χ1n) is 8.73. The fourth-order valence-electron chi connectivity index (χ4n) is 3.11. The standard InChI is InChI=1S/C20H25N3O2/c1-13-19(11-21-15(3)22-13)20(24)23(14(2)17-7-8-17)12-16-5-9-18(25-4)10-6-16/h5-6,9-11,14,17H,7-8,12H2,1-4H3. The van der Waals surface area contributed by atoms with E-state index in [4.69, 9.17) is 4.74 Å². The van der Waals surface area contributed by atoms with Crippen molar-refractivity contribution in [3.05, 3.63) is 53.1 Å². The minimum atomic E-state index is 0.00715. The smallest absolute Gasteiger partial charge is 0.257 e. The number of methoxy groups -OCH3 is 1. The van der Waals surface area contributed by atoms with E-state index in [1.54, 1.807) is 13.3 Å². The van der Waals surface area contributed by atoms with Crippen LogP contribution in [-0.2, 0) is 6.54 Å². The first-order chi connectivity index (χ1) is 12.0. The average Bonchev–Trinajstić information content (AvgIpc) is 3.44. The summed E-state index contributed by atoms with van der Waals surface area (Å²) in [5, 5.41) is 0. The molecule has 1 aliphatic carbocycles. The van der Waals surface area contributed by atoms with E-state index in [1.807, 2.05) is 43.0 Å². The van der Waals surface area contributed by atoms with Crippen molar-refractivity contribution in [3.8, 4) is 5.75 Å². The van der Waals surface area contributed by atoms with Gasteiger partial charge in [0.15, 0.2) is 0 Å². The monoisotopic (exact) mass is 339 g/mol. The lowest BCUT2D eigenvalue weighted by Crippen LogP contribution is -2.40. The van der Waals surface area contributed by atoms with Gasteiger partial charge < -0.3 is 9.64 Å². The molecule has 0 radical (unpaired) electrons. The van der Waals surface area contributed by atoms with E-state index in [-0.39, 0.29) is 11.9 Å². The number of aromatic nitrogens is 2. The zero-order valence-corrected chi connectivity index (χ0v) is 15.3. The van der Waals surface area contributed by atoms with Crippen molar-refractivity contribution >= 4 is 5.91 Å². The first kappa shape index (κ1) is 17.4. The summed E-state index contributed by atoms with van der Waals surface area (Å²) in [5.41, 5.74) is 2.42. The highest BCUT2D eigenvalue weighted by Crippen LogP contribution is 2.36. The van der Waals surface area contributed by atoms with E-state index < -0.39 is 0 Å². The highest BCUT2D eigenvalue weighted by atomic mass is 16.5. The molecule has 1 amide bonds. The SMILES string of the molecule is COc1ccc(CN(C(=O)c2cnc(C)nc2C)C(C)C2CC2)cc1. The van der Waals surface area contributed by atoms with Gasteiger partial charge in [-0.15, -0.1) is 0 Å². The highest BCUT2D eigenvalue weighted by molar-refractivity contribution is 5.95. The number of carbonyl (C=O) groups is 1. The van der Waals surface area contributed by atoms with Crippen LogP contribution in [-0.4, -0.2) is 33.9 Å². The highest BCUT2D eigenvalue weighted by Gasteiger charge is 2.35. The second-order valence-electron chi connectivity index (χ2n) is 6.78. The molecule has 132 valence electrons. The predicted octanol–water partition coefficient (Wildman–Crippen LogP) is 3.54. The second kappa shape index (κ2) is 7.21. The Hall–Kier alpha value is -2.43. The van der Waals surface area contributed by atoms with E-state index >= 15 is 0 Å². The molecule has 1 fully saturated rings. The average molecular weight is 339 g/mol. The lowest BCUT2D eigenvalue weighted by molar-refractivity contribution is 0.0652. The molecule has 25 heavy (non-hydrogen) atoms. The summed E-state index contributed by atoms with van der Waals surface area (Å²) in [6.45, 7) is 6.43. The van der Waals surface area contributed by atoms with Crippen molar-refractivity contribution in [1.82, 2.24) is 14.9 Å². The van der Waals surface area contributed by atoms with E-state index in [0.717, 1.165) is 17.0 Å². The minimum Gasteiger partial charge on any atom is -0.497 e. The van der Waals surface area contributed by atoms with Crippen LogP contribution in [0.1, 0.15) is 47.2 Å². The number of hydrogen-bond acceptors (Lipinski definition) is 4. The molecule has 0 N–H and O–H groups in total. The number of amides is 1. The molecule has 0 saturated heterocycles. The van der Waals surface area contributed by atoms with Gasteiger partial charge in [0.1, 0.15) is 11.6 Å². The minimum absolute atomic E-state index is 0.00715. The number of carbonyl (C=O) groups excluding carboxylic acids is 1. The van der Waals surface area contributed by atoms with Gasteiger partial charge in [0.05, 0.1) is 18.4 Å². The number of hydrogen-bond donors (Lipinski definition) is 0. The van der Waals surface area contributed by atoms with Crippen LogP contribution in [0.15, 0.2) is 30.5 Å². The van der Waals surface area contributed by atoms with Crippen molar-refractivity contribution < 1.29 is 9.53 Å². The Kier molecular flexibility index (Phi) is 5.02. The number of ether oxygens (including phenoxy) is 1. The van der Waals surface area contributed by atoms with Crippen molar-refractivity contribution in [3.63, 3.8) is 0 Å².